The summed E-state index contributed by atoms with van der Waals surface area (Å²) in [6.45, 7) is 0. The summed E-state index contributed by atoms with van der Waals surface area (Å²) >= 11 is 0. The van der Waals surface area contributed by atoms with Crippen LogP contribution in [0.3, 0.4) is 0 Å². The zero-order valence-electron chi connectivity index (χ0n) is 8.42. The van der Waals surface area contributed by atoms with Gasteiger partial charge in [0.05, 0.1) is 0 Å². The van der Waals surface area contributed by atoms with Gasteiger partial charge in [0.25, 0.3) is 0 Å². The van der Waals surface area contributed by atoms with Gasteiger partial charge in [-0.3, -0.25) is 0 Å². The second-order valence-electron chi connectivity index (χ2n) is 3.39. The third-order valence-corrected chi connectivity index (χ3v) is 2.30. The minimum absolute atomic E-state index is 0.494. The summed E-state index contributed by atoms with van der Waals surface area (Å²) in [6, 6.07) is 11.4. The van der Waals surface area contributed by atoms with Gasteiger partial charge in [0.1, 0.15) is 5.75 Å². The number of hydrogen-bond acceptors (Lipinski definition) is 3. The van der Waals surface area contributed by atoms with Crippen LogP contribution in [0.4, 0.5) is 0 Å². The largest absolute Gasteiger partial charge is 0.437 e. The van der Waals surface area contributed by atoms with Gasteiger partial charge in [0, 0.05) is 30.0 Å². The summed E-state index contributed by atoms with van der Waals surface area (Å²) in [5, 5.41) is 8.77. The zero-order valence-corrected chi connectivity index (χ0v) is 8.42. The second-order valence-corrected chi connectivity index (χ2v) is 3.39. The lowest BCUT2D eigenvalue weighted by molar-refractivity contribution is 0.456. The van der Waals surface area contributed by atoms with Crippen molar-refractivity contribution in [2.75, 3.05) is 0 Å². The lowest BCUT2D eigenvalue weighted by atomic mass is 10.2. The molecule has 0 spiro atoms. The highest BCUT2D eigenvalue weighted by molar-refractivity contribution is 5.80. The molecule has 0 aliphatic rings. The number of rotatable bonds is 2. The topological polar surface area (TPSA) is 50.8 Å². The van der Waals surface area contributed by atoms with E-state index in [0.29, 0.717) is 5.88 Å². The third kappa shape index (κ3) is 1.61. The molecule has 0 amide bonds. The van der Waals surface area contributed by atoms with Gasteiger partial charge in [-0.05, 0) is 29.7 Å². The van der Waals surface area contributed by atoms with Gasteiger partial charge >= 0.3 is 0 Å². The number of aromatic nitrogens is 3. The quantitative estimate of drug-likeness (QED) is 0.709. The number of aromatic amines is 1. The molecule has 0 atom stereocenters. The summed E-state index contributed by atoms with van der Waals surface area (Å²) in [6.07, 6.45) is 3.51. The van der Waals surface area contributed by atoms with Crippen LogP contribution in [0.2, 0.25) is 0 Å². The number of benzene rings is 1. The Morgan fingerprint density at radius 3 is 3.00 bits per heavy atom. The highest BCUT2D eigenvalue weighted by Gasteiger charge is 2.00. The van der Waals surface area contributed by atoms with Crippen molar-refractivity contribution in [2.24, 2.45) is 0 Å². The fourth-order valence-corrected chi connectivity index (χ4v) is 1.55. The molecular formula is C12H9N3O. The summed E-state index contributed by atoms with van der Waals surface area (Å²) in [4.78, 5) is 3.13. The number of hydrogen-bond donors (Lipinski definition) is 1. The summed E-state index contributed by atoms with van der Waals surface area (Å²) < 4.78 is 5.56. The molecule has 4 heteroatoms. The molecule has 0 fully saturated rings. The molecular weight excluding hydrogens is 202 g/mol. The van der Waals surface area contributed by atoms with Gasteiger partial charge in [-0.15, -0.1) is 5.10 Å². The minimum atomic E-state index is 0.494. The fraction of sp³-hybridized carbons (Fsp3) is 0. The van der Waals surface area contributed by atoms with Crippen LogP contribution in [0, 0.1) is 0 Å². The van der Waals surface area contributed by atoms with E-state index < -0.39 is 0 Å². The molecule has 0 saturated carbocycles. The first-order valence-electron chi connectivity index (χ1n) is 4.94. The maximum atomic E-state index is 5.56. The van der Waals surface area contributed by atoms with Gasteiger partial charge in [-0.2, -0.15) is 5.10 Å². The van der Waals surface area contributed by atoms with Crippen LogP contribution >= 0.6 is 0 Å². The Labute approximate surface area is 91.9 Å². The van der Waals surface area contributed by atoms with E-state index in [1.54, 1.807) is 18.3 Å². The molecule has 0 unspecified atom stereocenters. The SMILES string of the molecule is c1cnnc(Oc2ccc3cc[nH]c3c2)c1. The summed E-state index contributed by atoms with van der Waals surface area (Å²) in [5.41, 5.74) is 1.04. The lowest BCUT2D eigenvalue weighted by Gasteiger charge is -2.03. The van der Waals surface area contributed by atoms with E-state index in [9.17, 15) is 0 Å². The van der Waals surface area contributed by atoms with Crippen molar-refractivity contribution in [3.63, 3.8) is 0 Å². The standard InChI is InChI=1S/C12H9N3O/c1-2-12(15-14-6-1)16-10-4-3-9-5-7-13-11(9)8-10/h1-8,13H. The van der Waals surface area contributed by atoms with Gasteiger partial charge in [-0.25, -0.2) is 0 Å². The molecule has 16 heavy (non-hydrogen) atoms. The molecule has 3 rings (SSSR count). The molecule has 0 aliphatic carbocycles. The van der Waals surface area contributed by atoms with Gasteiger partial charge in [-0.1, -0.05) is 0 Å². The predicted octanol–water partition coefficient (Wildman–Crippen LogP) is 2.75. The first kappa shape index (κ1) is 8.91. The smallest absolute Gasteiger partial charge is 0.238 e. The van der Waals surface area contributed by atoms with Crippen LogP contribution in [-0.2, 0) is 0 Å². The van der Waals surface area contributed by atoms with Gasteiger partial charge in [0.15, 0.2) is 0 Å². The highest BCUT2D eigenvalue weighted by atomic mass is 16.5. The molecule has 4 nitrogen and oxygen atoms in total. The van der Waals surface area contributed by atoms with E-state index in [1.807, 2.05) is 30.5 Å². The first-order chi connectivity index (χ1) is 7.92. The number of nitrogens with one attached hydrogen (secondary N) is 1. The van der Waals surface area contributed by atoms with E-state index in [2.05, 4.69) is 15.2 Å². The Hall–Kier alpha value is -2.36. The van der Waals surface area contributed by atoms with Crippen molar-refractivity contribution in [1.29, 1.82) is 0 Å². The number of ether oxygens (including phenoxy) is 1. The van der Waals surface area contributed by atoms with Crippen molar-refractivity contribution in [3.8, 4) is 11.6 Å². The van der Waals surface area contributed by atoms with Crippen molar-refractivity contribution in [2.45, 2.75) is 0 Å². The minimum Gasteiger partial charge on any atom is -0.437 e. The van der Waals surface area contributed by atoms with Crippen molar-refractivity contribution < 1.29 is 4.74 Å². The summed E-state index contributed by atoms with van der Waals surface area (Å²) in [5.74, 6) is 1.24. The van der Waals surface area contributed by atoms with Crippen LogP contribution in [0.15, 0.2) is 48.8 Å². The molecule has 3 aromatic rings. The van der Waals surface area contributed by atoms with Gasteiger partial charge in [0.2, 0.25) is 5.88 Å². The lowest BCUT2D eigenvalue weighted by Crippen LogP contribution is -1.88. The molecule has 1 N–H and O–H groups in total. The molecule has 0 bridgehead atoms. The van der Waals surface area contributed by atoms with Crippen molar-refractivity contribution in [3.05, 3.63) is 48.8 Å². The van der Waals surface area contributed by atoms with Crippen LogP contribution in [0.5, 0.6) is 11.6 Å². The highest BCUT2D eigenvalue weighted by Crippen LogP contribution is 2.23. The van der Waals surface area contributed by atoms with Gasteiger partial charge < -0.3 is 9.72 Å². The maximum absolute atomic E-state index is 5.56. The number of fused-ring (bicyclic) bond motifs is 1. The third-order valence-electron chi connectivity index (χ3n) is 2.30. The normalized spacial score (nSPS) is 10.5. The Morgan fingerprint density at radius 1 is 1.12 bits per heavy atom. The summed E-state index contributed by atoms with van der Waals surface area (Å²) in [7, 11) is 0. The molecule has 2 heterocycles. The number of nitrogens with zero attached hydrogens (tertiary/aromatic N) is 2. The molecule has 0 saturated heterocycles. The van der Waals surface area contributed by atoms with Crippen molar-refractivity contribution >= 4 is 10.9 Å². The van der Waals surface area contributed by atoms with Crippen LogP contribution in [0.25, 0.3) is 10.9 Å². The molecule has 2 aromatic heterocycles. The average Bonchev–Trinajstić information content (AvgIpc) is 2.77. The molecule has 1 aromatic carbocycles. The van der Waals surface area contributed by atoms with E-state index in [-0.39, 0.29) is 0 Å². The second kappa shape index (κ2) is 3.66. The average molecular weight is 211 g/mol. The monoisotopic (exact) mass is 211 g/mol. The van der Waals surface area contributed by atoms with Crippen LogP contribution in [0.1, 0.15) is 0 Å². The molecule has 0 radical (unpaired) electrons. The Morgan fingerprint density at radius 2 is 2.12 bits per heavy atom. The van der Waals surface area contributed by atoms with E-state index >= 15 is 0 Å². The maximum Gasteiger partial charge on any atom is 0.238 e. The number of H-pyrrole nitrogens is 1. The fourth-order valence-electron chi connectivity index (χ4n) is 1.55. The molecule has 78 valence electrons. The Balaban J connectivity index is 1.94. The Bertz CT molecular complexity index is 604. The predicted molar refractivity (Wildman–Crippen MR) is 60.4 cm³/mol. The van der Waals surface area contributed by atoms with E-state index in [4.69, 9.17) is 4.74 Å². The van der Waals surface area contributed by atoms with Crippen molar-refractivity contribution in [1.82, 2.24) is 15.2 Å². The van der Waals surface area contributed by atoms with E-state index in [1.165, 1.54) is 0 Å². The molecule has 0 aliphatic heterocycles. The zero-order chi connectivity index (χ0) is 10.8. The Kier molecular flexibility index (Phi) is 2.04. The first-order valence-corrected chi connectivity index (χ1v) is 4.94. The van der Waals surface area contributed by atoms with Crippen LogP contribution in [-0.4, -0.2) is 15.2 Å². The van der Waals surface area contributed by atoms with E-state index in [0.717, 1.165) is 16.7 Å². The van der Waals surface area contributed by atoms with Crippen LogP contribution < -0.4 is 4.74 Å².